The van der Waals surface area contributed by atoms with Gasteiger partial charge in [-0.25, -0.2) is 4.79 Å². The van der Waals surface area contributed by atoms with E-state index in [-0.39, 0.29) is 36.9 Å². The molecule has 0 aliphatic rings. The van der Waals surface area contributed by atoms with Crippen molar-refractivity contribution >= 4 is 5.97 Å². The molecule has 0 fully saturated rings. The maximum atomic E-state index is 9.12. The van der Waals surface area contributed by atoms with Crippen LogP contribution in [0.5, 0.6) is 0 Å². The average Bonchev–Trinajstić information content (AvgIpc) is 1.38. The number of carbonyl (C=O) groups is 1. The number of carboxylic acid groups (broad SMARTS) is 1. The fourth-order valence-electron chi connectivity index (χ4n) is 0. The van der Waals surface area contributed by atoms with E-state index in [4.69, 9.17) is 15.0 Å². The van der Waals surface area contributed by atoms with Crippen molar-refractivity contribution in [3.05, 3.63) is 0 Å². The molecule has 0 saturated carbocycles. The molecule has 0 aromatic heterocycles. The van der Waals surface area contributed by atoms with Crippen molar-refractivity contribution in [2.45, 2.75) is 0 Å². The molecule has 4 heteroatoms. The first kappa shape index (κ1) is 9.83. The van der Waals surface area contributed by atoms with Gasteiger partial charge in [0.15, 0.2) is 0 Å². The number of rotatable bonds is 1. The predicted molar refractivity (Wildman–Crippen MR) is 14.7 cm³/mol. The van der Waals surface area contributed by atoms with E-state index in [1.54, 1.807) is 0 Å². The zero-order valence-corrected chi connectivity index (χ0v) is 4.42. The van der Waals surface area contributed by atoms with Crippen LogP contribution in [0.2, 0.25) is 0 Å². The van der Waals surface area contributed by atoms with Gasteiger partial charge in [-0.2, -0.15) is 0 Å². The third kappa shape index (κ3) is 8.82. The van der Waals surface area contributed by atoms with Gasteiger partial charge in [0.1, 0.15) is 6.61 Å². The van der Waals surface area contributed by atoms with Crippen molar-refractivity contribution in [1.82, 2.24) is 0 Å². The van der Waals surface area contributed by atoms with E-state index in [2.05, 4.69) is 0 Å². The number of aliphatic carboxylic acids is 1. The van der Waals surface area contributed by atoms with Gasteiger partial charge >= 0.3 is 5.97 Å². The molecule has 2 N–H and O–H groups in total. The normalized spacial score (nSPS) is 6.17. The Labute approximate surface area is 64.2 Å². The second-order valence-corrected chi connectivity index (χ2v) is 0.552. The molecule has 0 bridgehead atoms. The van der Waals surface area contributed by atoms with E-state index in [0.29, 0.717) is 0 Å². The molecule has 0 unspecified atom stereocenters. The Hall–Kier alpha value is 0.664. The molecule has 45 valence electrons. The van der Waals surface area contributed by atoms with Gasteiger partial charge in [0.2, 0.25) is 0 Å². The molecule has 0 atom stereocenters. The maximum absolute atomic E-state index is 9.12. The van der Waals surface area contributed by atoms with E-state index in [1.807, 2.05) is 0 Å². The van der Waals surface area contributed by atoms with Gasteiger partial charge in [0.05, 0.1) is 0 Å². The van der Waals surface area contributed by atoms with Crippen LogP contribution in [0.1, 0.15) is 0 Å². The molecule has 3 nitrogen and oxygen atoms in total. The topological polar surface area (TPSA) is 57.5 Å². The van der Waals surface area contributed by atoms with E-state index in [1.165, 1.54) is 0 Å². The Kier molecular flexibility index (Phi) is 9.28. The summed E-state index contributed by atoms with van der Waals surface area (Å²) in [6.07, 6.45) is 0. The smallest absolute Gasteiger partial charge is 0.329 e. The quantitative estimate of drug-likeness (QED) is 0.632. The van der Waals surface area contributed by atoms with Crippen LogP contribution in [0.4, 0.5) is 0 Å². The van der Waals surface area contributed by atoms with E-state index in [9.17, 15) is 0 Å². The van der Waals surface area contributed by atoms with Crippen molar-refractivity contribution in [1.29, 1.82) is 0 Å². The molecule has 0 aliphatic carbocycles. The number of carboxylic acids is 1. The summed E-state index contributed by atoms with van der Waals surface area (Å²) in [5.41, 5.74) is 0. The maximum Gasteiger partial charge on any atom is 0.329 e. The number of aliphatic hydroxyl groups is 1. The number of aliphatic hydroxyl groups excluding tert-OH is 1. The Balaban J connectivity index is 0. The van der Waals surface area contributed by atoms with Crippen molar-refractivity contribution in [3.63, 3.8) is 0 Å². The van der Waals surface area contributed by atoms with Crippen molar-refractivity contribution in [3.8, 4) is 0 Å². The Morgan fingerprint density at radius 1 is 1.67 bits per heavy atom. The van der Waals surface area contributed by atoms with Gasteiger partial charge < -0.3 is 10.2 Å². The van der Waals surface area contributed by atoms with Gasteiger partial charge in [-0.3, -0.25) is 0 Å². The summed E-state index contributed by atoms with van der Waals surface area (Å²) in [6.45, 7) is -0.778. The van der Waals surface area contributed by atoms with Crippen molar-refractivity contribution in [2.24, 2.45) is 0 Å². The summed E-state index contributed by atoms with van der Waals surface area (Å²) in [4.78, 5) is 9.12. The van der Waals surface area contributed by atoms with Crippen LogP contribution in [-0.4, -0.2) is 22.8 Å². The fraction of sp³-hybridized carbons (Fsp3) is 0.500. The molecule has 0 heterocycles. The molecule has 0 spiro atoms. The van der Waals surface area contributed by atoms with Gasteiger partial charge in [-0.1, -0.05) is 0 Å². The van der Waals surface area contributed by atoms with Gasteiger partial charge in [0.25, 0.3) is 0 Å². The standard InChI is InChI=1S/C2H4O3.Lu/c3-1-2(4)5;/h3H,1H2,(H,4,5);. The van der Waals surface area contributed by atoms with Gasteiger partial charge in [-0.15, -0.1) is 0 Å². The van der Waals surface area contributed by atoms with Crippen LogP contribution >= 0.6 is 0 Å². The van der Waals surface area contributed by atoms with Crippen LogP contribution in [0.25, 0.3) is 0 Å². The molecule has 0 aliphatic heterocycles. The molecular weight excluding hydrogens is 247 g/mol. The molecule has 1 radical (unpaired) electrons. The number of hydrogen-bond acceptors (Lipinski definition) is 2. The minimum atomic E-state index is -1.19. The fourth-order valence-corrected chi connectivity index (χ4v) is 0. The second-order valence-electron chi connectivity index (χ2n) is 0.552. The third-order valence-electron chi connectivity index (χ3n) is 0.135. The van der Waals surface area contributed by atoms with Crippen LogP contribution < -0.4 is 0 Å². The predicted octanol–water partition coefficient (Wildman–Crippen LogP) is -0.937. The molecular formula is C2H4LuO3. The molecule has 6 heavy (non-hydrogen) atoms. The summed E-state index contributed by atoms with van der Waals surface area (Å²) in [5, 5.41) is 15.0. The summed E-state index contributed by atoms with van der Waals surface area (Å²) in [5.74, 6) is -1.19. The van der Waals surface area contributed by atoms with Crippen LogP contribution in [0.3, 0.4) is 0 Å². The zero-order valence-electron chi connectivity index (χ0n) is 2.77. The Morgan fingerprint density at radius 3 is 1.83 bits per heavy atom. The second kappa shape index (κ2) is 5.66. The van der Waals surface area contributed by atoms with Gasteiger partial charge in [0, 0.05) is 36.9 Å². The molecule has 0 saturated heterocycles. The van der Waals surface area contributed by atoms with E-state index in [0.717, 1.165) is 0 Å². The Bertz CT molecular complexity index is 44.1. The zero-order chi connectivity index (χ0) is 4.28. The largest absolute Gasteiger partial charge is 0.480 e. The van der Waals surface area contributed by atoms with Crippen molar-refractivity contribution < 1.29 is 51.9 Å². The average molecular weight is 251 g/mol. The van der Waals surface area contributed by atoms with Crippen LogP contribution in [0, 0.1) is 36.9 Å². The third-order valence-corrected chi connectivity index (χ3v) is 0.135. The summed E-state index contributed by atoms with van der Waals surface area (Å²) in [6, 6.07) is 0. The van der Waals surface area contributed by atoms with Crippen LogP contribution in [0.15, 0.2) is 0 Å². The SMILES string of the molecule is O=C(O)CO.[Lu]. The first-order valence-electron chi connectivity index (χ1n) is 1.10. The van der Waals surface area contributed by atoms with E-state index >= 15 is 0 Å². The minimum Gasteiger partial charge on any atom is -0.480 e. The summed E-state index contributed by atoms with van der Waals surface area (Å²) >= 11 is 0. The van der Waals surface area contributed by atoms with Crippen LogP contribution in [-0.2, 0) is 4.79 Å². The summed E-state index contributed by atoms with van der Waals surface area (Å²) in [7, 11) is 0. The molecule has 0 aromatic rings. The van der Waals surface area contributed by atoms with E-state index < -0.39 is 12.6 Å². The minimum absolute atomic E-state index is 0. The molecule has 0 rings (SSSR count). The monoisotopic (exact) mass is 251 g/mol. The molecule has 0 aromatic carbocycles. The Morgan fingerprint density at radius 2 is 1.83 bits per heavy atom. The summed E-state index contributed by atoms with van der Waals surface area (Å²) < 4.78 is 0. The molecule has 0 amide bonds. The first-order valence-corrected chi connectivity index (χ1v) is 1.10. The first-order chi connectivity index (χ1) is 2.27. The van der Waals surface area contributed by atoms with Crippen molar-refractivity contribution in [2.75, 3.05) is 6.61 Å². The van der Waals surface area contributed by atoms with Gasteiger partial charge in [-0.05, 0) is 0 Å². The number of hydrogen-bond donors (Lipinski definition) is 2.